The lowest BCUT2D eigenvalue weighted by atomic mass is 10.0. The molecule has 1 aliphatic rings. The minimum absolute atomic E-state index is 0.0874. The van der Waals surface area contributed by atoms with E-state index in [1.807, 2.05) is 13.0 Å². The number of aryl methyl sites for hydroxylation is 2. The van der Waals surface area contributed by atoms with Crippen LogP contribution < -0.4 is 5.56 Å². The zero-order chi connectivity index (χ0) is 19.4. The summed E-state index contributed by atoms with van der Waals surface area (Å²) < 4.78 is 3.29. The van der Waals surface area contributed by atoms with Gasteiger partial charge in [0.15, 0.2) is 11.5 Å². The fourth-order valence-electron chi connectivity index (χ4n) is 3.68. The van der Waals surface area contributed by atoms with Gasteiger partial charge in [-0.15, -0.1) is 5.10 Å². The Labute approximate surface area is 160 Å². The van der Waals surface area contributed by atoms with Gasteiger partial charge in [0.25, 0.3) is 5.56 Å². The molecule has 1 aliphatic carbocycles. The van der Waals surface area contributed by atoms with Crippen LogP contribution in [0.5, 0.6) is 0 Å². The molecule has 1 aromatic carbocycles. The molecule has 0 amide bonds. The van der Waals surface area contributed by atoms with Crippen molar-refractivity contribution in [2.45, 2.75) is 32.3 Å². The first-order valence-electron chi connectivity index (χ1n) is 9.28. The van der Waals surface area contributed by atoms with E-state index in [0.717, 1.165) is 16.8 Å². The van der Waals surface area contributed by atoms with Gasteiger partial charge in [0.05, 0.1) is 12.3 Å². The fourth-order valence-corrected chi connectivity index (χ4v) is 3.68. The van der Waals surface area contributed by atoms with Gasteiger partial charge in [0, 0.05) is 25.0 Å². The van der Waals surface area contributed by atoms with E-state index in [1.165, 1.54) is 18.4 Å². The van der Waals surface area contributed by atoms with Crippen molar-refractivity contribution >= 4 is 11.0 Å². The van der Waals surface area contributed by atoms with Crippen molar-refractivity contribution in [1.82, 2.24) is 29.5 Å². The smallest absolute Gasteiger partial charge is 0.262 e. The molecule has 0 radical (unpaired) electrons. The SMILES string of the molecule is Cc1cc(C2CC2)cc(CO)c1-n1cc2c(=O)[nH]c(-c3ccn(C)n3)nc2n1. The van der Waals surface area contributed by atoms with E-state index in [0.29, 0.717) is 28.5 Å². The Balaban J connectivity index is 1.66. The van der Waals surface area contributed by atoms with Gasteiger partial charge in [-0.05, 0) is 42.9 Å². The van der Waals surface area contributed by atoms with Crippen molar-refractivity contribution in [3.8, 4) is 17.2 Å². The third-order valence-corrected chi connectivity index (χ3v) is 5.20. The molecule has 0 aliphatic heterocycles. The molecule has 3 aromatic heterocycles. The Morgan fingerprint density at radius 1 is 1.29 bits per heavy atom. The number of aromatic amines is 1. The van der Waals surface area contributed by atoms with E-state index >= 15 is 0 Å². The van der Waals surface area contributed by atoms with Crippen LogP contribution in [0.4, 0.5) is 0 Å². The van der Waals surface area contributed by atoms with Crippen LogP contribution in [0, 0.1) is 6.92 Å². The molecule has 8 nitrogen and oxygen atoms in total. The third kappa shape index (κ3) is 2.73. The van der Waals surface area contributed by atoms with E-state index in [2.05, 4.69) is 26.2 Å². The maximum Gasteiger partial charge on any atom is 0.262 e. The van der Waals surface area contributed by atoms with Crippen molar-refractivity contribution in [1.29, 1.82) is 0 Å². The average Bonchev–Trinajstić information content (AvgIpc) is 3.29. The number of H-pyrrole nitrogens is 1. The summed E-state index contributed by atoms with van der Waals surface area (Å²) in [6.45, 7) is 1.92. The first kappa shape index (κ1) is 16.9. The van der Waals surface area contributed by atoms with Crippen molar-refractivity contribution < 1.29 is 5.11 Å². The van der Waals surface area contributed by atoms with Crippen LogP contribution in [-0.2, 0) is 13.7 Å². The van der Waals surface area contributed by atoms with Crippen LogP contribution in [0.25, 0.3) is 28.2 Å². The predicted molar refractivity (Wildman–Crippen MR) is 104 cm³/mol. The second kappa shape index (κ2) is 6.13. The molecule has 8 heteroatoms. The molecule has 1 fully saturated rings. The first-order valence-corrected chi connectivity index (χ1v) is 9.28. The van der Waals surface area contributed by atoms with Crippen LogP contribution in [0.1, 0.15) is 35.4 Å². The molecule has 2 N–H and O–H groups in total. The standard InChI is InChI=1S/C20H20N6O2/c1-11-7-13(12-3-4-12)8-14(10-27)17(11)26-9-15-18(24-26)21-19(22-20(15)28)16-5-6-25(2)23-16/h5-9,12,27H,3-4,10H2,1-2H3,(H,21,22,24,28). The molecule has 4 aromatic rings. The summed E-state index contributed by atoms with van der Waals surface area (Å²) >= 11 is 0. The average molecular weight is 376 g/mol. The van der Waals surface area contributed by atoms with Gasteiger partial charge in [-0.1, -0.05) is 12.1 Å². The zero-order valence-electron chi connectivity index (χ0n) is 15.7. The molecule has 0 spiro atoms. The molecule has 0 saturated heterocycles. The number of fused-ring (bicyclic) bond motifs is 1. The van der Waals surface area contributed by atoms with E-state index < -0.39 is 0 Å². The number of rotatable bonds is 4. The first-order chi connectivity index (χ1) is 13.5. The Morgan fingerprint density at radius 3 is 2.79 bits per heavy atom. The van der Waals surface area contributed by atoms with Crippen LogP contribution >= 0.6 is 0 Å². The summed E-state index contributed by atoms with van der Waals surface area (Å²) in [5.74, 6) is 0.978. The van der Waals surface area contributed by atoms with Crippen molar-refractivity contribution in [3.63, 3.8) is 0 Å². The van der Waals surface area contributed by atoms with E-state index in [1.54, 1.807) is 34.9 Å². The summed E-state index contributed by atoms with van der Waals surface area (Å²) in [4.78, 5) is 19.8. The lowest BCUT2D eigenvalue weighted by Gasteiger charge is -2.13. The summed E-state index contributed by atoms with van der Waals surface area (Å²) in [5, 5.41) is 19.1. The maximum absolute atomic E-state index is 12.6. The Bertz CT molecular complexity index is 1260. The minimum Gasteiger partial charge on any atom is -0.392 e. The molecule has 0 unspecified atom stereocenters. The second-order valence-electron chi connectivity index (χ2n) is 7.38. The lowest BCUT2D eigenvalue weighted by molar-refractivity contribution is 0.281. The summed E-state index contributed by atoms with van der Waals surface area (Å²) in [6, 6.07) is 5.98. The van der Waals surface area contributed by atoms with E-state index in [-0.39, 0.29) is 12.2 Å². The Kier molecular flexibility index (Phi) is 3.70. The number of aliphatic hydroxyl groups excluding tert-OH is 1. The molecule has 28 heavy (non-hydrogen) atoms. The second-order valence-corrected chi connectivity index (χ2v) is 7.38. The highest BCUT2D eigenvalue weighted by molar-refractivity contribution is 5.75. The highest BCUT2D eigenvalue weighted by Crippen LogP contribution is 2.41. The number of hydrogen-bond donors (Lipinski definition) is 2. The largest absolute Gasteiger partial charge is 0.392 e. The minimum atomic E-state index is -0.269. The van der Waals surface area contributed by atoms with Gasteiger partial charge in [0.2, 0.25) is 0 Å². The third-order valence-electron chi connectivity index (χ3n) is 5.20. The molecule has 1 saturated carbocycles. The molecule has 5 rings (SSSR count). The number of aliphatic hydroxyl groups is 1. The van der Waals surface area contributed by atoms with Crippen molar-refractivity contribution in [3.05, 3.63) is 57.6 Å². The zero-order valence-corrected chi connectivity index (χ0v) is 15.7. The lowest BCUT2D eigenvalue weighted by Crippen LogP contribution is -2.08. The van der Waals surface area contributed by atoms with Crippen LogP contribution in [-0.4, -0.2) is 34.6 Å². The van der Waals surface area contributed by atoms with Gasteiger partial charge in [0.1, 0.15) is 11.1 Å². The van der Waals surface area contributed by atoms with Crippen molar-refractivity contribution in [2.24, 2.45) is 7.05 Å². The van der Waals surface area contributed by atoms with E-state index in [9.17, 15) is 9.90 Å². The van der Waals surface area contributed by atoms with Crippen LogP contribution in [0.2, 0.25) is 0 Å². The monoisotopic (exact) mass is 376 g/mol. The van der Waals surface area contributed by atoms with Gasteiger partial charge < -0.3 is 10.1 Å². The predicted octanol–water partition coefficient (Wildman–Crippen LogP) is 2.19. The highest BCUT2D eigenvalue weighted by Gasteiger charge is 2.25. The topological polar surface area (TPSA) is 102 Å². The van der Waals surface area contributed by atoms with Gasteiger partial charge in [-0.25, -0.2) is 9.67 Å². The van der Waals surface area contributed by atoms with Gasteiger partial charge in [-0.3, -0.25) is 9.48 Å². The summed E-state index contributed by atoms with van der Waals surface area (Å²) in [5.41, 5.74) is 4.53. The number of nitrogens with zero attached hydrogens (tertiary/aromatic N) is 5. The quantitative estimate of drug-likeness (QED) is 0.568. The van der Waals surface area contributed by atoms with Gasteiger partial charge >= 0.3 is 0 Å². The van der Waals surface area contributed by atoms with Gasteiger partial charge in [-0.2, -0.15) is 5.10 Å². The van der Waals surface area contributed by atoms with Crippen LogP contribution in [0.3, 0.4) is 0 Å². The highest BCUT2D eigenvalue weighted by atomic mass is 16.3. The number of nitrogens with one attached hydrogen (secondary N) is 1. The van der Waals surface area contributed by atoms with Crippen molar-refractivity contribution in [2.75, 3.05) is 0 Å². The Morgan fingerprint density at radius 2 is 2.11 bits per heavy atom. The van der Waals surface area contributed by atoms with Crippen LogP contribution in [0.15, 0.2) is 35.4 Å². The molecule has 3 heterocycles. The summed E-state index contributed by atoms with van der Waals surface area (Å²) in [7, 11) is 1.80. The summed E-state index contributed by atoms with van der Waals surface area (Å²) in [6.07, 6.45) is 5.86. The fraction of sp³-hybridized carbons (Fsp3) is 0.300. The van der Waals surface area contributed by atoms with E-state index in [4.69, 9.17) is 0 Å². The molecular formula is C20H20N6O2. The molecular weight excluding hydrogens is 356 g/mol. The number of hydrogen-bond acceptors (Lipinski definition) is 5. The normalized spacial score (nSPS) is 14.1. The Hall–Kier alpha value is -3.26. The molecule has 0 bridgehead atoms. The maximum atomic E-state index is 12.6. The number of aromatic nitrogens is 6. The molecule has 142 valence electrons. The molecule has 0 atom stereocenters. The number of benzene rings is 1.